The van der Waals surface area contributed by atoms with Crippen LogP contribution in [0.1, 0.15) is 12.2 Å². The fourth-order valence-electron chi connectivity index (χ4n) is 1.38. The zero-order chi connectivity index (χ0) is 7.84. The summed E-state index contributed by atoms with van der Waals surface area (Å²) in [6.07, 6.45) is 3.30. The number of aliphatic hydroxyl groups excluding tert-OH is 1. The molecule has 1 aromatic rings. The van der Waals surface area contributed by atoms with E-state index in [0.717, 1.165) is 23.3 Å². The van der Waals surface area contributed by atoms with Crippen LogP contribution >= 0.6 is 15.9 Å². The van der Waals surface area contributed by atoms with E-state index in [1.807, 2.05) is 4.57 Å². The third kappa shape index (κ3) is 1.20. The van der Waals surface area contributed by atoms with Crippen LogP contribution in [0.4, 0.5) is 0 Å². The van der Waals surface area contributed by atoms with Crippen LogP contribution in [0.2, 0.25) is 0 Å². The normalized spacial score (nSPS) is 23.3. The minimum absolute atomic E-state index is 0.201. The summed E-state index contributed by atoms with van der Waals surface area (Å²) in [7, 11) is 0. The lowest BCUT2D eigenvalue weighted by Gasteiger charge is -2.19. The Morgan fingerprint density at radius 3 is 3.36 bits per heavy atom. The molecule has 0 aliphatic carbocycles. The first kappa shape index (κ1) is 7.31. The number of aromatic nitrogens is 2. The van der Waals surface area contributed by atoms with Crippen molar-refractivity contribution in [2.45, 2.75) is 25.5 Å². The lowest BCUT2D eigenvalue weighted by Crippen LogP contribution is -2.24. The summed E-state index contributed by atoms with van der Waals surface area (Å²) >= 11 is 3.37. The van der Waals surface area contributed by atoms with Crippen molar-refractivity contribution in [1.29, 1.82) is 0 Å². The highest BCUT2D eigenvalue weighted by molar-refractivity contribution is 9.10. The Morgan fingerprint density at radius 2 is 2.55 bits per heavy atom. The second kappa shape index (κ2) is 2.60. The van der Waals surface area contributed by atoms with Gasteiger partial charge < -0.3 is 9.67 Å². The van der Waals surface area contributed by atoms with Crippen LogP contribution in [0, 0.1) is 0 Å². The molecule has 0 spiro atoms. The van der Waals surface area contributed by atoms with Gasteiger partial charge in [0.25, 0.3) is 0 Å². The maximum atomic E-state index is 9.33. The van der Waals surface area contributed by atoms with Crippen LogP contribution in [0.15, 0.2) is 10.8 Å². The van der Waals surface area contributed by atoms with Gasteiger partial charge in [-0.3, -0.25) is 0 Å². The highest BCUT2D eigenvalue weighted by Gasteiger charge is 2.18. The lowest BCUT2D eigenvalue weighted by atomic mass is 10.1. The van der Waals surface area contributed by atoms with Crippen LogP contribution in [0.25, 0.3) is 0 Å². The minimum atomic E-state index is -0.201. The number of halogens is 1. The van der Waals surface area contributed by atoms with Gasteiger partial charge in [-0.1, -0.05) is 0 Å². The molecular weight excluding hydrogens is 208 g/mol. The van der Waals surface area contributed by atoms with Crippen LogP contribution in [-0.2, 0) is 13.0 Å². The molecular formula is C7H9BrN2O. The number of aliphatic hydroxyl groups is 1. The number of hydrogen-bond acceptors (Lipinski definition) is 2. The van der Waals surface area contributed by atoms with Crippen molar-refractivity contribution >= 4 is 15.9 Å². The van der Waals surface area contributed by atoms with Crippen molar-refractivity contribution in [3.63, 3.8) is 0 Å². The van der Waals surface area contributed by atoms with E-state index in [0.29, 0.717) is 6.54 Å². The average Bonchev–Trinajstić information content (AvgIpc) is 2.33. The Labute approximate surface area is 73.2 Å². The van der Waals surface area contributed by atoms with E-state index in [1.165, 1.54) is 0 Å². The van der Waals surface area contributed by atoms with Gasteiger partial charge in [-0.05, 0) is 22.4 Å². The molecule has 0 saturated heterocycles. The maximum Gasteiger partial charge on any atom is 0.109 e. The third-order valence-electron chi connectivity index (χ3n) is 1.98. The van der Waals surface area contributed by atoms with Gasteiger partial charge in [0.15, 0.2) is 0 Å². The fourth-order valence-corrected chi connectivity index (χ4v) is 1.83. The zero-order valence-corrected chi connectivity index (χ0v) is 7.58. The van der Waals surface area contributed by atoms with Gasteiger partial charge in [-0.25, -0.2) is 4.98 Å². The second-order valence-corrected chi connectivity index (χ2v) is 3.61. The molecule has 1 aliphatic rings. The predicted molar refractivity (Wildman–Crippen MR) is 44.3 cm³/mol. The predicted octanol–water partition coefficient (Wildman–Crippen LogP) is 0.953. The Bertz CT molecular complexity index is 271. The Balaban J connectivity index is 2.37. The molecule has 4 heteroatoms. The lowest BCUT2D eigenvalue weighted by molar-refractivity contribution is 0.129. The average molecular weight is 217 g/mol. The van der Waals surface area contributed by atoms with Crippen molar-refractivity contribution in [3.8, 4) is 0 Å². The van der Waals surface area contributed by atoms with E-state index in [9.17, 15) is 5.11 Å². The smallest absolute Gasteiger partial charge is 0.109 e. The monoisotopic (exact) mass is 216 g/mol. The SMILES string of the molecule is OC1CCc2ncc(Br)n2C1. The molecule has 60 valence electrons. The third-order valence-corrected chi connectivity index (χ3v) is 2.62. The molecule has 2 heterocycles. The molecule has 0 saturated carbocycles. The summed E-state index contributed by atoms with van der Waals surface area (Å²) in [5.74, 6) is 1.07. The molecule has 1 atom stereocenters. The van der Waals surface area contributed by atoms with Gasteiger partial charge in [0.05, 0.1) is 18.8 Å². The van der Waals surface area contributed by atoms with Gasteiger partial charge in [-0.2, -0.15) is 0 Å². The van der Waals surface area contributed by atoms with Gasteiger partial charge in [0.2, 0.25) is 0 Å². The highest BCUT2D eigenvalue weighted by Crippen LogP contribution is 2.19. The Morgan fingerprint density at radius 1 is 1.73 bits per heavy atom. The summed E-state index contributed by atoms with van der Waals surface area (Å²) in [5, 5.41) is 9.33. The number of fused-ring (bicyclic) bond motifs is 1. The Hall–Kier alpha value is -0.350. The molecule has 1 aromatic heterocycles. The molecule has 0 bridgehead atoms. The number of rotatable bonds is 0. The summed E-state index contributed by atoms with van der Waals surface area (Å²) in [5.41, 5.74) is 0. The summed E-state index contributed by atoms with van der Waals surface area (Å²) in [6.45, 7) is 0.677. The maximum absolute atomic E-state index is 9.33. The van der Waals surface area contributed by atoms with E-state index in [-0.39, 0.29) is 6.10 Å². The van der Waals surface area contributed by atoms with Crippen molar-refractivity contribution in [2.24, 2.45) is 0 Å². The van der Waals surface area contributed by atoms with Crippen molar-refractivity contribution in [3.05, 3.63) is 16.6 Å². The van der Waals surface area contributed by atoms with Gasteiger partial charge in [-0.15, -0.1) is 0 Å². The first-order valence-electron chi connectivity index (χ1n) is 3.65. The van der Waals surface area contributed by atoms with E-state index in [2.05, 4.69) is 20.9 Å². The second-order valence-electron chi connectivity index (χ2n) is 2.80. The molecule has 0 fully saturated rings. The van der Waals surface area contributed by atoms with Crippen molar-refractivity contribution < 1.29 is 5.11 Å². The molecule has 11 heavy (non-hydrogen) atoms. The van der Waals surface area contributed by atoms with E-state index >= 15 is 0 Å². The molecule has 0 radical (unpaired) electrons. The van der Waals surface area contributed by atoms with E-state index in [1.54, 1.807) is 6.20 Å². The topological polar surface area (TPSA) is 38.1 Å². The standard InChI is InChI=1S/C7H9BrN2O/c8-6-3-9-7-2-1-5(11)4-10(6)7/h3,5,11H,1-2,4H2. The number of imidazole rings is 1. The van der Waals surface area contributed by atoms with E-state index < -0.39 is 0 Å². The zero-order valence-electron chi connectivity index (χ0n) is 6.00. The first-order chi connectivity index (χ1) is 5.27. The number of nitrogens with zero attached hydrogens (tertiary/aromatic N) is 2. The molecule has 1 unspecified atom stereocenters. The molecule has 0 amide bonds. The Kier molecular flexibility index (Phi) is 1.73. The first-order valence-corrected chi connectivity index (χ1v) is 4.44. The molecule has 2 rings (SSSR count). The summed E-state index contributed by atoms with van der Waals surface area (Å²) in [6, 6.07) is 0. The van der Waals surface area contributed by atoms with Crippen LogP contribution in [0.5, 0.6) is 0 Å². The van der Waals surface area contributed by atoms with Gasteiger partial charge in [0.1, 0.15) is 10.4 Å². The number of hydrogen-bond donors (Lipinski definition) is 1. The van der Waals surface area contributed by atoms with Gasteiger partial charge >= 0.3 is 0 Å². The molecule has 0 aromatic carbocycles. The highest BCUT2D eigenvalue weighted by atomic mass is 79.9. The van der Waals surface area contributed by atoms with E-state index in [4.69, 9.17) is 0 Å². The van der Waals surface area contributed by atoms with Crippen molar-refractivity contribution in [1.82, 2.24) is 9.55 Å². The quantitative estimate of drug-likeness (QED) is 0.702. The molecule has 1 N–H and O–H groups in total. The molecule has 3 nitrogen and oxygen atoms in total. The van der Waals surface area contributed by atoms with Crippen LogP contribution in [-0.4, -0.2) is 20.8 Å². The summed E-state index contributed by atoms with van der Waals surface area (Å²) < 4.78 is 2.97. The largest absolute Gasteiger partial charge is 0.391 e. The summed E-state index contributed by atoms with van der Waals surface area (Å²) in [4.78, 5) is 4.20. The van der Waals surface area contributed by atoms with Crippen LogP contribution < -0.4 is 0 Å². The van der Waals surface area contributed by atoms with Crippen molar-refractivity contribution in [2.75, 3.05) is 0 Å². The fraction of sp³-hybridized carbons (Fsp3) is 0.571. The number of aryl methyl sites for hydroxylation is 1. The van der Waals surface area contributed by atoms with Crippen LogP contribution in [0.3, 0.4) is 0 Å². The van der Waals surface area contributed by atoms with Gasteiger partial charge in [0, 0.05) is 6.42 Å². The molecule has 1 aliphatic heterocycles. The minimum Gasteiger partial charge on any atom is -0.391 e.